The second-order valence-electron chi connectivity index (χ2n) is 9.89. The molecule has 1 amide bonds. The van der Waals surface area contributed by atoms with Crippen molar-refractivity contribution in [1.82, 2.24) is 30.2 Å². The van der Waals surface area contributed by atoms with Crippen LogP contribution in [0.5, 0.6) is 0 Å². The molecule has 0 unspecified atom stereocenters. The number of imidazole rings is 1. The van der Waals surface area contributed by atoms with E-state index in [1.165, 1.54) is 0 Å². The Kier molecular flexibility index (Phi) is 6.39. The molecule has 180 valence electrons. The molecular weight excluding hydrogens is 433 g/mol. The molecule has 3 heterocycles. The van der Waals surface area contributed by atoms with Crippen LogP contribution in [0.4, 0.5) is 13.2 Å². The lowest BCUT2D eigenvalue weighted by atomic mass is 9.90. The molecule has 1 saturated carbocycles. The maximum atomic E-state index is 12.6. The van der Waals surface area contributed by atoms with Gasteiger partial charge in [0, 0.05) is 42.0 Å². The Labute approximate surface area is 190 Å². The van der Waals surface area contributed by atoms with Crippen molar-refractivity contribution in [1.29, 1.82) is 0 Å². The maximum Gasteiger partial charge on any atom is 0.401 e. The molecule has 0 aromatic carbocycles. The normalized spacial score (nSPS) is 19.9. The number of carbonyl (C=O) groups excluding carboxylic acids is 1. The van der Waals surface area contributed by atoms with E-state index in [0.29, 0.717) is 25.8 Å². The van der Waals surface area contributed by atoms with Crippen LogP contribution < -0.4 is 10.6 Å². The number of nitrogens with zero attached hydrogens (tertiary/aromatic N) is 3. The van der Waals surface area contributed by atoms with Gasteiger partial charge in [0.25, 0.3) is 0 Å². The van der Waals surface area contributed by atoms with Crippen molar-refractivity contribution < 1.29 is 18.0 Å². The largest absolute Gasteiger partial charge is 0.401 e. The molecule has 1 fully saturated rings. The van der Waals surface area contributed by atoms with Gasteiger partial charge in [0.2, 0.25) is 5.91 Å². The lowest BCUT2D eigenvalue weighted by Gasteiger charge is -2.31. The first-order valence-corrected chi connectivity index (χ1v) is 11.4. The average molecular weight is 465 g/mol. The zero-order valence-electron chi connectivity index (χ0n) is 19.2. The molecular formula is C23H31F3N6O. The number of amides is 1. The van der Waals surface area contributed by atoms with E-state index in [1.807, 2.05) is 33.0 Å². The maximum absolute atomic E-state index is 12.6. The van der Waals surface area contributed by atoms with Crippen LogP contribution in [0.25, 0.3) is 22.1 Å². The fourth-order valence-electron chi connectivity index (χ4n) is 4.56. The van der Waals surface area contributed by atoms with Gasteiger partial charge in [-0.05, 0) is 31.7 Å². The minimum atomic E-state index is -4.20. The molecule has 4 rings (SSSR count). The number of pyridine rings is 1. The van der Waals surface area contributed by atoms with Crippen LogP contribution in [-0.4, -0.2) is 50.7 Å². The Morgan fingerprint density at radius 2 is 1.94 bits per heavy atom. The van der Waals surface area contributed by atoms with Crippen molar-refractivity contribution in [2.75, 3.05) is 13.1 Å². The molecule has 10 heteroatoms. The highest BCUT2D eigenvalue weighted by molar-refractivity contribution is 6.01. The smallest absolute Gasteiger partial charge is 0.355 e. The number of nitrogens with one attached hydrogen (secondary N) is 3. The quantitative estimate of drug-likeness (QED) is 0.509. The second-order valence-corrected chi connectivity index (χ2v) is 9.89. The Morgan fingerprint density at radius 3 is 2.61 bits per heavy atom. The number of rotatable bonds is 6. The lowest BCUT2D eigenvalue weighted by Crippen LogP contribution is -2.39. The first-order valence-electron chi connectivity index (χ1n) is 11.4. The van der Waals surface area contributed by atoms with Crippen molar-refractivity contribution in [3.8, 4) is 0 Å². The molecule has 3 N–H and O–H groups in total. The number of alkyl halides is 3. The van der Waals surface area contributed by atoms with E-state index in [2.05, 4.69) is 25.2 Å². The van der Waals surface area contributed by atoms with E-state index in [-0.39, 0.29) is 18.0 Å². The number of aromatic amines is 1. The van der Waals surface area contributed by atoms with Gasteiger partial charge < -0.3 is 20.2 Å². The molecule has 0 aliphatic heterocycles. The van der Waals surface area contributed by atoms with Gasteiger partial charge in [-0.3, -0.25) is 4.79 Å². The van der Waals surface area contributed by atoms with Crippen molar-refractivity contribution in [3.63, 3.8) is 0 Å². The summed E-state index contributed by atoms with van der Waals surface area (Å²) in [6.07, 6.45) is 2.81. The van der Waals surface area contributed by atoms with Gasteiger partial charge in [0.05, 0.1) is 18.3 Å². The lowest BCUT2D eigenvalue weighted by molar-refractivity contribution is -0.128. The second kappa shape index (κ2) is 8.96. The summed E-state index contributed by atoms with van der Waals surface area (Å²) in [7, 11) is 0. The van der Waals surface area contributed by atoms with Crippen LogP contribution in [0.15, 0.2) is 18.5 Å². The van der Waals surface area contributed by atoms with Gasteiger partial charge >= 0.3 is 6.18 Å². The molecule has 7 nitrogen and oxygen atoms in total. The van der Waals surface area contributed by atoms with Gasteiger partial charge in [0.1, 0.15) is 17.0 Å². The van der Waals surface area contributed by atoms with Gasteiger partial charge in [0.15, 0.2) is 0 Å². The SMILES string of the molecule is CC(C)(C)C(=O)NCCc1nc2cnc3[nH]ccc3c2n1C1CCC(NCC(F)(F)F)CC1. The predicted octanol–water partition coefficient (Wildman–Crippen LogP) is 4.25. The third kappa shape index (κ3) is 5.31. The molecule has 33 heavy (non-hydrogen) atoms. The summed E-state index contributed by atoms with van der Waals surface area (Å²) in [5, 5.41) is 6.61. The highest BCUT2D eigenvalue weighted by Gasteiger charge is 2.31. The van der Waals surface area contributed by atoms with Crippen molar-refractivity contribution in [3.05, 3.63) is 24.3 Å². The summed E-state index contributed by atoms with van der Waals surface area (Å²) in [5.74, 6) is 0.845. The summed E-state index contributed by atoms with van der Waals surface area (Å²) >= 11 is 0. The summed E-state index contributed by atoms with van der Waals surface area (Å²) in [6.45, 7) is 5.13. The molecule has 0 bridgehead atoms. The van der Waals surface area contributed by atoms with Gasteiger partial charge in [-0.1, -0.05) is 20.8 Å². The molecule has 1 aliphatic carbocycles. The fraction of sp³-hybridized carbons (Fsp3) is 0.609. The summed E-state index contributed by atoms with van der Waals surface area (Å²) in [6, 6.07) is 1.97. The van der Waals surface area contributed by atoms with Crippen molar-refractivity contribution >= 4 is 28.0 Å². The monoisotopic (exact) mass is 464 g/mol. The number of aromatic nitrogens is 4. The van der Waals surface area contributed by atoms with E-state index in [1.54, 1.807) is 6.20 Å². The first-order chi connectivity index (χ1) is 15.5. The fourth-order valence-corrected chi connectivity index (χ4v) is 4.56. The number of fused-ring (bicyclic) bond motifs is 3. The van der Waals surface area contributed by atoms with Crippen LogP contribution in [-0.2, 0) is 11.2 Å². The van der Waals surface area contributed by atoms with E-state index in [9.17, 15) is 18.0 Å². The number of carbonyl (C=O) groups is 1. The molecule has 3 aromatic rings. The van der Waals surface area contributed by atoms with Crippen LogP contribution in [0, 0.1) is 5.41 Å². The van der Waals surface area contributed by atoms with Crippen molar-refractivity contribution in [2.24, 2.45) is 5.41 Å². The first kappa shape index (κ1) is 23.5. The standard InChI is InChI=1S/C23H31F3N6O/c1-22(2,3)21(33)28-11-9-18-31-17-12-29-20-16(8-10-27-20)19(17)32(18)15-6-4-14(5-7-15)30-13-23(24,25)26/h8,10,12,14-15,30H,4-7,9,11,13H2,1-3H3,(H,27,29)(H,28,33). The van der Waals surface area contributed by atoms with Gasteiger partial charge in [-0.25, -0.2) is 9.97 Å². The molecule has 0 spiro atoms. The Hall–Kier alpha value is -2.62. The molecule has 0 radical (unpaired) electrons. The summed E-state index contributed by atoms with van der Waals surface area (Å²) in [5.41, 5.74) is 2.08. The third-order valence-electron chi connectivity index (χ3n) is 6.28. The van der Waals surface area contributed by atoms with E-state index < -0.39 is 18.1 Å². The van der Waals surface area contributed by atoms with Gasteiger partial charge in [-0.15, -0.1) is 0 Å². The number of H-pyrrole nitrogens is 1. The Balaban J connectivity index is 1.57. The number of hydrogen-bond donors (Lipinski definition) is 3. The summed E-state index contributed by atoms with van der Waals surface area (Å²) in [4.78, 5) is 24.7. The Bertz CT molecular complexity index is 1120. The molecule has 1 aliphatic rings. The van der Waals surface area contributed by atoms with E-state index in [4.69, 9.17) is 4.98 Å². The minimum Gasteiger partial charge on any atom is -0.355 e. The summed E-state index contributed by atoms with van der Waals surface area (Å²) < 4.78 is 40.0. The zero-order chi connectivity index (χ0) is 23.8. The minimum absolute atomic E-state index is 0.0175. The van der Waals surface area contributed by atoms with Gasteiger partial charge in [-0.2, -0.15) is 13.2 Å². The Morgan fingerprint density at radius 1 is 1.21 bits per heavy atom. The van der Waals surface area contributed by atoms with E-state index in [0.717, 1.165) is 40.7 Å². The van der Waals surface area contributed by atoms with Crippen LogP contribution in [0.2, 0.25) is 0 Å². The molecule has 3 aromatic heterocycles. The molecule has 0 atom stereocenters. The topological polar surface area (TPSA) is 87.6 Å². The average Bonchev–Trinajstić information content (AvgIpc) is 3.35. The van der Waals surface area contributed by atoms with Crippen LogP contribution in [0.3, 0.4) is 0 Å². The van der Waals surface area contributed by atoms with Crippen molar-refractivity contribution in [2.45, 2.75) is 71.1 Å². The molecule has 0 saturated heterocycles. The zero-order valence-corrected chi connectivity index (χ0v) is 19.2. The van der Waals surface area contributed by atoms with Crippen LogP contribution >= 0.6 is 0 Å². The number of halogens is 3. The highest BCUT2D eigenvalue weighted by atomic mass is 19.4. The predicted molar refractivity (Wildman–Crippen MR) is 121 cm³/mol. The highest BCUT2D eigenvalue weighted by Crippen LogP contribution is 2.35. The third-order valence-corrected chi connectivity index (χ3v) is 6.28. The number of hydrogen-bond acceptors (Lipinski definition) is 4. The van der Waals surface area contributed by atoms with Crippen LogP contribution in [0.1, 0.15) is 58.3 Å². The van der Waals surface area contributed by atoms with E-state index >= 15 is 0 Å².